The van der Waals surface area contributed by atoms with E-state index in [1.54, 1.807) is 0 Å². The largest absolute Gasteiger partial charge is 0.444 e. The predicted molar refractivity (Wildman–Crippen MR) is 68.5 cm³/mol. The van der Waals surface area contributed by atoms with Crippen LogP contribution in [0, 0.1) is 0 Å². The normalized spacial score (nSPS) is 17.8. The lowest BCUT2D eigenvalue weighted by Crippen LogP contribution is -2.39. The fourth-order valence-corrected chi connectivity index (χ4v) is 1.89. The molecule has 0 unspecified atom stereocenters. The molecule has 0 aliphatic carbocycles. The van der Waals surface area contributed by atoms with Crippen molar-refractivity contribution < 1.29 is 23.9 Å². The summed E-state index contributed by atoms with van der Waals surface area (Å²) in [6.07, 6.45) is -0.717. The molecule has 1 aliphatic rings. The number of cyclic esters (lactones) is 1. The summed E-state index contributed by atoms with van der Waals surface area (Å²) >= 11 is 0. The van der Waals surface area contributed by atoms with Gasteiger partial charge in [0.2, 0.25) is 0 Å². The lowest BCUT2D eigenvalue weighted by atomic mass is 10.1. The number of rotatable bonds is 4. The summed E-state index contributed by atoms with van der Waals surface area (Å²) in [6, 6.07) is 8.31. The number of hydrogen-bond donors (Lipinski definition) is 0. The van der Waals surface area contributed by atoms with Gasteiger partial charge in [-0.15, -0.1) is 0 Å². The minimum atomic E-state index is -0.879. The highest BCUT2D eigenvalue weighted by atomic mass is 16.6. The molecule has 1 aromatic rings. The minimum Gasteiger partial charge on any atom is -0.444 e. The third-order valence-corrected chi connectivity index (χ3v) is 2.91. The van der Waals surface area contributed by atoms with E-state index in [-0.39, 0.29) is 25.5 Å². The topological polar surface area (TPSA) is 72.9 Å². The van der Waals surface area contributed by atoms with E-state index in [1.165, 1.54) is 6.92 Å². The number of hydrogen-bond acceptors (Lipinski definition) is 5. The van der Waals surface area contributed by atoms with Gasteiger partial charge in [0, 0.05) is 6.42 Å². The number of ketones is 1. The van der Waals surface area contributed by atoms with Crippen LogP contribution in [0.1, 0.15) is 18.9 Å². The zero-order valence-corrected chi connectivity index (χ0v) is 11.1. The van der Waals surface area contributed by atoms with E-state index in [1.807, 2.05) is 30.3 Å². The second kappa shape index (κ2) is 6.18. The Morgan fingerprint density at radius 1 is 1.35 bits per heavy atom. The van der Waals surface area contributed by atoms with Crippen molar-refractivity contribution in [3.63, 3.8) is 0 Å². The molecule has 1 aromatic carbocycles. The first-order valence-corrected chi connectivity index (χ1v) is 6.21. The van der Waals surface area contributed by atoms with Gasteiger partial charge in [0.05, 0.1) is 0 Å². The molecule has 1 amide bonds. The number of esters is 1. The molecule has 6 heteroatoms. The smallest absolute Gasteiger partial charge is 0.413 e. The Morgan fingerprint density at radius 3 is 2.70 bits per heavy atom. The number of carbonyl (C=O) groups excluding carboxylic acids is 3. The van der Waals surface area contributed by atoms with Gasteiger partial charge in [-0.1, -0.05) is 30.3 Å². The van der Waals surface area contributed by atoms with Crippen molar-refractivity contribution in [1.82, 2.24) is 4.90 Å². The third-order valence-electron chi connectivity index (χ3n) is 2.91. The highest BCUT2D eigenvalue weighted by molar-refractivity contribution is 5.89. The van der Waals surface area contributed by atoms with E-state index in [2.05, 4.69) is 0 Å². The van der Waals surface area contributed by atoms with Gasteiger partial charge in [0.15, 0.2) is 6.73 Å². The second-order valence-corrected chi connectivity index (χ2v) is 4.52. The standard InChI is InChI=1S/C14H15NO5/c1-10(16)7-12-13(17)20-9-15(12)14(18)19-8-11-5-3-2-4-6-11/h2-6,12H,7-9H2,1H3/t12-/m0/s1. The van der Waals surface area contributed by atoms with Crippen molar-refractivity contribution in [3.05, 3.63) is 35.9 Å². The Hall–Kier alpha value is -2.37. The van der Waals surface area contributed by atoms with Gasteiger partial charge >= 0.3 is 12.1 Å². The SMILES string of the molecule is CC(=O)C[C@H]1C(=O)OCN1C(=O)OCc1ccccc1. The molecule has 1 fully saturated rings. The van der Waals surface area contributed by atoms with Crippen molar-refractivity contribution in [2.75, 3.05) is 6.73 Å². The molecular formula is C14H15NO5. The van der Waals surface area contributed by atoms with Gasteiger partial charge in [-0.2, -0.15) is 0 Å². The van der Waals surface area contributed by atoms with Crippen LogP contribution in [0.4, 0.5) is 4.79 Å². The molecule has 0 N–H and O–H groups in total. The molecule has 0 radical (unpaired) electrons. The van der Waals surface area contributed by atoms with E-state index < -0.39 is 18.1 Å². The van der Waals surface area contributed by atoms with Crippen LogP contribution in [0.25, 0.3) is 0 Å². The van der Waals surface area contributed by atoms with Crippen molar-refractivity contribution in [2.24, 2.45) is 0 Å². The Labute approximate surface area is 116 Å². The molecule has 1 aliphatic heterocycles. The molecule has 106 valence electrons. The molecule has 6 nitrogen and oxygen atoms in total. The summed E-state index contributed by atoms with van der Waals surface area (Å²) in [4.78, 5) is 35.6. The van der Waals surface area contributed by atoms with E-state index >= 15 is 0 Å². The second-order valence-electron chi connectivity index (χ2n) is 4.52. The molecular weight excluding hydrogens is 262 g/mol. The van der Waals surface area contributed by atoms with E-state index in [9.17, 15) is 14.4 Å². The first-order valence-electron chi connectivity index (χ1n) is 6.21. The van der Waals surface area contributed by atoms with E-state index in [4.69, 9.17) is 9.47 Å². The molecule has 0 spiro atoms. The van der Waals surface area contributed by atoms with Crippen molar-refractivity contribution in [1.29, 1.82) is 0 Å². The van der Waals surface area contributed by atoms with Gasteiger partial charge in [-0.25, -0.2) is 9.59 Å². The van der Waals surface area contributed by atoms with Crippen LogP contribution >= 0.6 is 0 Å². The first-order chi connectivity index (χ1) is 9.58. The van der Waals surface area contributed by atoms with Crippen LogP contribution in [0.3, 0.4) is 0 Å². The maximum absolute atomic E-state index is 11.9. The van der Waals surface area contributed by atoms with E-state index in [0.717, 1.165) is 10.5 Å². The van der Waals surface area contributed by atoms with Crippen LogP contribution in [0.15, 0.2) is 30.3 Å². The van der Waals surface area contributed by atoms with Crippen molar-refractivity contribution >= 4 is 17.8 Å². The van der Waals surface area contributed by atoms with Crippen LogP contribution in [-0.4, -0.2) is 35.5 Å². The molecule has 0 bridgehead atoms. The van der Waals surface area contributed by atoms with Gasteiger partial charge in [-0.05, 0) is 12.5 Å². The number of Topliss-reactive ketones (excluding diaryl/α,β-unsaturated/α-hetero) is 1. The summed E-state index contributed by atoms with van der Waals surface area (Å²) in [5.41, 5.74) is 0.843. The molecule has 1 heterocycles. The number of nitrogens with zero attached hydrogens (tertiary/aromatic N) is 1. The Morgan fingerprint density at radius 2 is 2.05 bits per heavy atom. The van der Waals surface area contributed by atoms with E-state index in [0.29, 0.717) is 0 Å². The maximum Gasteiger partial charge on any atom is 0.413 e. The molecule has 1 atom stereocenters. The monoisotopic (exact) mass is 277 g/mol. The molecule has 1 saturated heterocycles. The third kappa shape index (κ3) is 3.34. The Balaban J connectivity index is 1.94. The van der Waals surface area contributed by atoms with Crippen molar-refractivity contribution in [3.8, 4) is 0 Å². The van der Waals surface area contributed by atoms with Crippen LogP contribution < -0.4 is 0 Å². The summed E-state index contributed by atoms with van der Waals surface area (Å²) in [6.45, 7) is 1.29. The number of amides is 1. The zero-order valence-electron chi connectivity index (χ0n) is 11.1. The van der Waals surface area contributed by atoms with Gasteiger partial charge in [0.1, 0.15) is 18.4 Å². The lowest BCUT2D eigenvalue weighted by Gasteiger charge is -2.18. The number of benzene rings is 1. The van der Waals surface area contributed by atoms with Crippen LogP contribution in [0.5, 0.6) is 0 Å². The number of ether oxygens (including phenoxy) is 2. The highest BCUT2D eigenvalue weighted by Crippen LogP contribution is 2.17. The summed E-state index contributed by atoms with van der Waals surface area (Å²) < 4.78 is 9.90. The highest BCUT2D eigenvalue weighted by Gasteiger charge is 2.39. The molecule has 20 heavy (non-hydrogen) atoms. The fourth-order valence-electron chi connectivity index (χ4n) is 1.89. The van der Waals surface area contributed by atoms with Gasteiger partial charge in [0.25, 0.3) is 0 Å². The van der Waals surface area contributed by atoms with Gasteiger partial charge in [-0.3, -0.25) is 9.69 Å². The Kier molecular flexibility index (Phi) is 4.34. The average Bonchev–Trinajstić information content (AvgIpc) is 2.78. The fraction of sp³-hybridized carbons (Fsp3) is 0.357. The van der Waals surface area contributed by atoms with Gasteiger partial charge < -0.3 is 9.47 Å². The zero-order chi connectivity index (χ0) is 14.5. The Bertz CT molecular complexity index is 514. The summed E-state index contributed by atoms with van der Waals surface area (Å²) in [5, 5.41) is 0. The predicted octanol–water partition coefficient (Wildman–Crippen LogP) is 1.49. The summed E-state index contributed by atoms with van der Waals surface area (Å²) in [5.74, 6) is -0.758. The van der Waals surface area contributed by atoms with Crippen molar-refractivity contribution in [2.45, 2.75) is 26.0 Å². The molecule has 2 rings (SSSR count). The maximum atomic E-state index is 11.9. The minimum absolute atomic E-state index is 0.0563. The lowest BCUT2D eigenvalue weighted by molar-refractivity contribution is -0.140. The van der Waals surface area contributed by atoms with Crippen LogP contribution in [-0.2, 0) is 25.7 Å². The van der Waals surface area contributed by atoms with Crippen LogP contribution in [0.2, 0.25) is 0 Å². The molecule has 0 saturated carbocycles. The molecule has 0 aromatic heterocycles. The number of carbonyl (C=O) groups is 3. The first kappa shape index (κ1) is 14.0. The quantitative estimate of drug-likeness (QED) is 0.779. The average molecular weight is 277 g/mol. The summed E-state index contributed by atoms with van der Waals surface area (Å²) in [7, 11) is 0.